The highest BCUT2D eigenvalue weighted by molar-refractivity contribution is 5.32. The van der Waals surface area contributed by atoms with Gasteiger partial charge in [-0.25, -0.2) is 0 Å². The first kappa shape index (κ1) is 13.0. The van der Waals surface area contributed by atoms with Crippen molar-refractivity contribution in [1.29, 1.82) is 0 Å². The van der Waals surface area contributed by atoms with Crippen LogP contribution in [0.3, 0.4) is 0 Å². The Kier molecular flexibility index (Phi) is 4.77. The molecule has 1 aromatic carbocycles. The van der Waals surface area contributed by atoms with E-state index in [1.54, 1.807) is 7.11 Å². The van der Waals surface area contributed by atoms with Crippen molar-refractivity contribution in [3.63, 3.8) is 0 Å². The van der Waals surface area contributed by atoms with Crippen molar-refractivity contribution in [3.8, 4) is 5.75 Å². The predicted octanol–water partition coefficient (Wildman–Crippen LogP) is 2.30. The van der Waals surface area contributed by atoms with E-state index >= 15 is 0 Å². The van der Waals surface area contributed by atoms with Gasteiger partial charge >= 0.3 is 0 Å². The zero-order valence-electron chi connectivity index (χ0n) is 10.3. The van der Waals surface area contributed by atoms with E-state index in [9.17, 15) is 0 Å². The highest BCUT2D eigenvalue weighted by Gasteiger charge is 2.21. The Morgan fingerprint density at radius 2 is 2.12 bits per heavy atom. The zero-order chi connectivity index (χ0) is 12.0. The molecular formula is C13H21NO2. The van der Waals surface area contributed by atoms with Crippen LogP contribution in [0.5, 0.6) is 5.75 Å². The fraction of sp³-hybridized carbons (Fsp3) is 0.538. The summed E-state index contributed by atoms with van der Waals surface area (Å²) in [5, 5.41) is 0. The van der Waals surface area contributed by atoms with Crippen LogP contribution in [-0.4, -0.2) is 20.3 Å². The van der Waals surface area contributed by atoms with Crippen molar-refractivity contribution in [2.24, 2.45) is 5.73 Å². The Bertz CT molecular complexity index is 323. The topological polar surface area (TPSA) is 44.5 Å². The minimum Gasteiger partial charge on any atom is -0.497 e. The first-order valence-electron chi connectivity index (χ1n) is 5.61. The highest BCUT2D eigenvalue weighted by Crippen LogP contribution is 2.25. The lowest BCUT2D eigenvalue weighted by Gasteiger charge is -2.25. The third-order valence-corrected chi connectivity index (χ3v) is 2.70. The molecule has 0 aliphatic rings. The van der Waals surface area contributed by atoms with E-state index in [0.29, 0.717) is 6.61 Å². The van der Waals surface area contributed by atoms with Gasteiger partial charge in [-0.15, -0.1) is 0 Å². The van der Waals surface area contributed by atoms with Gasteiger partial charge in [0.15, 0.2) is 0 Å². The van der Waals surface area contributed by atoms with Crippen molar-refractivity contribution in [2.45, 2.75) is 25.8 Å². The summed E-state index contributed by atoms with van der Waals surface area (Å²) in [6, 6.07) is 7.88. The molecule has 1 atom stereocenters. The second-order valence-corrected chi connectivity index (χ2v) is 4.10. The first-order chi connectivity index (χ1) is 7.60. The summed E-state index contributed by atoms with van der Waals surface area (Å²) < 4.78 is 10.5. The van der Waals surface area contributed by atoms with E-state index in [-0.39, 0.29) is 5.54 Å². The molecule has 1 unspecified atom stereocenters. The SMILES string of the molecule is CCOCCC(C)(N)c1cccc(OC)c1. The van der Waals surface area contributed by atoms with Crippen LogP contribution in [0.2, 0.25) is 0 Å². The van der Waals surface area contributed by atoms with Gasteiger partial charge in [0.2, 0.25) is 0 Å². The Hall–Kier alpha value is -1.06. The summed E-state index contributed by atoms with van der Waals surface area (Å²) in [6.07, 6.45) is 0.800. The van der Waals surface area contributed by atoms with Crippen LogP contribution in [0.25, 0.3) is 0 Å². The lowest BCUT2D eigenvalue weighted by atomic mass is 9.90. The number of hydrogen-bond donors (Lipinski definition) is 1. The first-order valence-corrected chi connectivity index (χ1v) is 5.61. The number of rotatable bonds is 6. The summed E-state index contributed by atoms with van der Waals surface area (Å²) in [4.78, 5) is 0. The molecule has 3 heteroatoms. The van der Waals surface area contributed by atoms with Crippen LogP contribution in [0, 0.1) is 0 Å². The minimum atomic E-state index is -0.371. The lowest BCUT2D eigenvalue weighted by molar-refractivity contribution is 0.128. The Morgan fingerprint density at radius 3 is 2.75 bits per heavy atom. The van der Waals surface area contributed by atoms with Crippen molar-refractivity contribution in [2.75, 3.05) is 20.3 Å². The molecule has 0 aromatic heterocycles. The second kappa shape index (κ2) is 5.87. The number of benzene rings is 1. The van der Waals surface area contributed by atoms with Crippen LogP contribution in [0.1, 0.15) is 25.8 Å². The molecule has 0 radical (unpaired) electrons. The van der Waals surface area contributed by atoms with Crippen LogP contribution < -0.4 is 10.5 Å². The molecule has 0 aliphatic carbocycles. The van der Waals surface area contributed by atoms with Crippen LogP contribution in [0.15, 0.2) is 24.3 Å². The molecule has 0 heterocycles. The van der Waals surface area contributed by atoms with Gasteiger partial charge in [0.1, 0.15) is 5.75 Å². The molecule has 0 fully saturated rings. The molecule has 1 rings (SSSR count). The largest absolute Gasteiger partial charge is 0.497 e. The lowest BCUT2D eigenvalue weighted by Crippen LogP contribution is -2.34. The van der Waals surface area contributed by atoms with Crippen LogP contribution in [-0.2, 0) is 10.3 Å². The average molecular weight is 223 g/mol. The van der Waals surface area contributed by atoms with Gasteiger partial charge in [-0.2, -0.15) is 0 Å². The summed E-state index contributed by atoms with van der Waals surface area (Å²) >= 11 is 0. The zero-order valence-corrected chi connectivity index (χ0v) is 10.3. The molecular weight excluding hydrogens is 202 g/mol. The number of hydrogen-bond acceptors (Lipinski definition) is 3. The third kappa shape index (κ3) is 3.51. The molecule has 2 N–H and O–H groups in total. The van der Waals surface area contributed by atoms with Crippen LogP contribution >= 0.6 is 0 Å². The standard InChI is InChI=1S/C13H21NO2/c1-4-16-9-8-13(2,14)11-6-5-7-12(10-11)15-3/h5-7,10H,4,8-9,14H2,1-3H3. The molecule has 3 nitrogen and oxygen atoms in total. The molecule has 0 saturated heterocycles. The second-order valence-electron chi connectivity index (χ2n) is 4.10. The Labute approximate surface area is 97.6 Å². The Balaban J connectivity index is 2.72. The van der Waals surface area contributed by atoms with Crippen molar-refractivity contribution < 1.29 is 9.47 Å². The number of nitrogens with two attached hydrogens (primary N) is 1. The summed E-state index contributed by atoms with van der Waals surface area (Å²) in [5.41, 5.74) is 6.97. The summed E-state index contributed by atoms with van der Waals surface area (Å²) in [7, 11) is 1.66. The van der Waals surface area contributed by atoms with Crippen LogP contribution in [0.4, 0.5) is 0 Å². The fourth-order valence-corrected chi connectivity index (χ4v) is 1.55. The molecule has 0 bridgehead atoms. The van der Waals surface area contributed by atoms with Gasteiger partial charge in [0.25, 0.3) is 0 Å². The minimum absolute atomic E-state index is 0.371. The van der Waals surface area contributed by atoms with Gasteiger partial charge in [0.05, 0.1) is 7.11 Å². The van der Waals surface area contributed by atoms with Gasteiger partial charge < -0.3 is 15.2 Å². The van der Waals surface area contributed by atoms with Gasteiger partial charge in [0, 0.05) is 18.8 Å². The maximum atomic E-state index is 6.27. The Morgan fingerprint density at radius 1 is 1.38 bits per heavy atom. The van der Waals surface area contributed by atoms with Gasteiger partial charge in [-0.05, 0) is 38.0 Å². The molecule has 90 valence electrons. The van der Waals surface area contributed by atoms with Crippen molar-refractivity contribution in [3.05, 3.63) is 29.8 Å². The van der Waals surface area contributed by atoms with E-state index in [1.165, 1.54) is 0 Å². The summed E-state index contributed by atoms with van der Waals surface area (Å²) in [5.74, 6) is 0.839. The average Bonchev–Trinajstić information content (AvgIpc) is 2.29. The van der Waals surface area contributed by atoms with Gasteiger partial charge in [-0.1, -0.05) is 12.1 Å². The molecule has 0 spiro atoms. The molecule has 0 aliphatic heterocycles. The fourth-order valence-electron chi connectivity index (χ4n) is 1.55. The highest BCUT2D eigenvalue weighted by atomic mass is 16.5. The maximum absolute atomic E-state index is 6.27. The summed E-state index contributed by atoms with van der Waals surface area (Å²) in [6.45, 7) is 5.41. The third-order valence-electron chi connectivity index (χ3n) is 2.70. The van der Waals surface area contributed by atoms with E-state index in [1.807, 2.05) is 38.1 Å². The molecule has 0 amide bonds. The number of methoxy groups -OCH3 is 1. The van der Waals surface area contributed by atoms with Gasteiger partial charge in [-0.3, -0.25) is 0 Å². The smallest absolute Gasteiger partial charge is 0.119 e. The monoisotopic (exact) mass is 223 g/mol. The number of ether oxygens (including phenoxy) is 2. The van der Waals surface area contributed by atoms with E-state index < -0.39 is 0 Å². The van der Waals surface area contributed by atoms with E-state index in [2.05, 4.69) is 0 Å². The van der Waals surface area contributed by atoms with Crippen molar-refractivity contribution in [1.82, 2.24) is 0 Å². The molecule has 1 aromatic rings. The maximum Gasteiger partial charge on any atom is 0.119 e. The van der Waals surface area contributed by atoms with E-state index in [4.69, 9.17) is 15.2 Å². The quantitative estimate of drug-likeness (QED) is 0.753. The normalized spacial score (nSPS) is 14.5. The molecule has 16 heavy (non-hydrogen) atoms. The van der Waals surface area contributed by atoms with E-state index in [0.717, 1.165) is 24.3 Å². The van der Waals surface area contributed by atoms with Crippen molar-refractivity contribution >= 4 is 0 Å². The molecule has 0 saturated carbocycles. The predicted molar refractivity (Wildman–Crippen MR) is 65.6 cm³/mol.